The lowest BCUT2D eigenvalue weighted by Crippen LogP contribution is -1.91. The Kier molecular flexibility index (Phi) is 3.13. The van der Waals surface area contributed by atoms with Gasteiger partial charge in [0.15, 0.2) is 0 Å². The molecule has 0 aliphatic heterocycles. The highest BCUT2D eigenvalue weighted by Crippen LogP contribution is 2.40. The van der Waals surface area contributed by atoms with Gasteiger partial charge in [0.25, 0.3) is 0 Å². The molecule has 0 amide bonds. The second kappa shape index (κ2) is 4.95. The number of hydrogen-bond donors (Lipinski definition) is 0. The summed E-state index contributed by atoms with van der Waals surface area (Å²) in [5.74, 6) is 0.828. The van der Waals surface area contributed by atoms with Crippen LogP contribution in [0.1, 0.15) is 11.1 Å². The van der Waals surface area contributed by atoms with E-state index in [4.69, 9.17) is 10.00 Å². The molecule has 98 valence electrons. The highest BCUT2D eigenvalue weighted by atomic mass is 32.1. The van der Waals surface area contributed by atoms with E-state index >= 15 is 0 Å². The van der Waals surface area contributed by atoms with Crippen molar-refractivity contribution in [3.63, 3.8) is 0 Å². The van der Waals surface area contributed by atoms with Crippen molar-refractivity contribution in [3.05, 3.63) is 47.7 Å². The molecule has 20 heavy (non-hydrogen) atoms. The molecule has 0 unspecified atom stereocenters. The second-order valence-electron chi connectivity index (χ2n) is 4.53. The van der Waals surface area contributed by atoms with E-state index in [2.05, 4.69) is 10.4 Å². The minimum absolute atomic E-state index is 0.668. The fourth-order valence-corrected chi connectivity index (χ4v) is 3.16. The maximum atomic E-state index is 8.98. The van der Waals surface area contributed by atoms with Crippen LogP contribution in [0.5, 0.6) is 5.75 Å². The van der Waals surface area contributed by atoms with Gasteiger partial charge in [-0.25, -0.2) is 0 Å². The molecule has 3 aromatic rings. The Hall–Kier alpha value is -2.38. The van der Waals surface area contributed by atoms with Crippen LogP contribution in [0.25, 0.3) is 21.2 Å². The van der Waals surface area contributed by atoms with Crippen LogP contribution in [0.3, 0.4) is 0 Å². The van der Waals surface area contributed by atoms with Crippen LogP contribution >= 0.6 is 11.5 Å². The summed E-state index contributed by atoms with van der Waals surface area (Å²) >= 11 is 1.46. The van der Waals surface area contributed by atoms with Crippen molar-refractivity contribution in [2.24, 2.45) is 0 Å². The number of hydrogen-bond acceptors (Lipinski definition) is 4. The minimum Gasteiger partial charge on any atom is -0.496 e. The van der Waals surface area contributed by atoms with E-state index in [0.717, 1.165) is 32.5 Å². The summed E-state index contributed by atoms with van der Waals surface area (Å²) in [5.41, 5.74) is 3.86. The highest BCUT2D eigenvalue weighted by Gasteiger charge is 2.14. The van der Waals surface area contributed by atoms with Crippen LogP contribution in [-0.2, 0) is 0 Å². The Morgan fingerprint density at radius 3 is 2.80 bits per heavy atom. The molecule has 0 fully saturated rings. The van der Waals surface area contributed by atoms with Crippen molar-refractivity contribution in [2.75, 3.05) is 7.11 Å². The molecule has 3 nitrogen and oxygen atoms in total. The molecule has 0 bridgehead atoms. The molecule has 0 saturated heterocycles. The van der Waals surface area contributed by atoms with Crippen LogP contribution in [0.4, 0.5) is 0 Å². The first-order valence-corrected chi connectivity index (χ1v) is 6.94. The number of nitriles is 1. The Bertz CT molecular complexity index is 830. The van der Waals surface area contributed by atoms with Crippen LogP contribution in [0.15, 0.2) is 36.5 Å². The lowest BCUT2D eigenvalue weighted by molar-refractivity contribution is 0.417. The molecule has 4 heteroatoms. The SMILES string of the molecule is COc1ccc2cnsc2c1-c1ccc(C#N)cc1C. The Morgan fingerprint density at radius 1 is 1.25 bits per heavy atom. The zero-order chi connectivity index (χ0) is 14.1. The molecule has 0 N–H and O–H groups in total. The maximum Gasteiger partial charge on any atom is 0.128 e. The fourth-order valence-electron chi connectivity index (χ4n) is 2.36. The third kappa shape index (κ3) is 1.93. The number of aromatic nitrogens is 1. The molecule has 0 spiro atoms. The number of fused-ring (bicyclic) bond motifs is 1. The Balaban J connectivity index is 2.33. The summed E-state index contributed by atoms with van der Waals surface area (Å²) in [6, 6.07) is 11.9. The van der Waals surface area contributed by atoms with Crippen LogP contribution in [0.2, 0.25) is 0 Å². The topological polar surface area (TPSA) is 45.9 Å². The summed E-state index contributed by atoms with van der Waals surface area (Å²) in [7, 11) is 1.67. The van der Waals surface area contributed by atoms with E-state index in [1.165, 1.54) is 11.5 Å². The number of benzene rings is 2. The van der Waals surface area contributed by atoms with E-state index < -0.39 is 0 Å². The van der Waals surface area contributed by atoms with Gasteiger partial charge in [0, 0.05) is 17.1 Å². The van der Waals surface area contributed by atoms with E-state index in [1.807, 2.05) is 43.5 Å². The number of ether oxygens (including phenoxy) is 1. The average molecular weight is 280 g/mol. The lowest BCUT2D eigenvalue weighted by Gasteiger charge is -2.12. The molecule has 3 rings (SSSR count). The predicted molar refractivity (Wildman–Crippen MR) is 81.1 cm³/mol. The number of aryl methyl sites for hydroxylation is 1. The fraction of sp³-hybridized carbons (Fsp3) is 0.125. The smallest absolute Gasteiger partial charge is 0.128 e. The molecule has 0 atom stereocenters. The Labute approximate surface area is 121 Å². The molecular weight excluding hydrogens is 268 g/mol. The third-order valence-corrected chi connectivity index (χ3v) is 4.16. The van der Waals surface area contributed by atoms with Gasteiger partial charge in [0.1, 0.15) is 5.75 Å². The van der Waals surface area contributed by atoms with Gasteiger partial charge in [-0.15, -0.1) is 0 Å². The zero-order valence-electron chi connectivity index (χ0n) is 11.2. The minimum atomic E-state index is 0.668. The van der Waals surface area contributed by atoms with E-state index in [1.54, 1.807) is 7.11 Å². The van der Waals surface area contributed by atoms with Crippen LogP contribution < -0.4 is 4.74 Å². The largest absolute Gasteiger partial charge is 0.496 e. The van der Waals surface area contributed by atoms with Crippen LogP contribution in [-0.4, -0.2) is 11.5 Å². The number of rotatable bonds is 2. The summed E-state index contributed by atoms with van der Waals surface area (Å²) < 4.78 is 10.9. The van der Waals surface area contributed by atoms with Gasteiger partial charge in [-0.2, -0.15) is 9.64 Å². The van der Waals surface area contributed by atoms with Gasteiger partial charge in [0.2, 0.25) is 0 Å². The first kappa shape index (κ1) is 12.6. The molecule has 0 aliphatic rings. The number of nitrogens with zero attached hydrogens (tertiary/aromatic N) is 2. The van der Waals surface area contributed by atoms with Crippen molar-refractivity contribution in [2.45, 2.75) is 6.92 Å². The standard InChI is InChI=1S/C16H12N2OS/c1-10-7-11(8-17)3-5-13(10)15-14(19-2)6-4-12-9-18-20-16(12)15/h3-7,9H,1-2H3. The molecular formula is C16H12N2OS. The van der Waals surface area contributed by atoms with Gasteiger partial charge >= 0.3 is 0 Å². The molecule has 0 aliphatic carbocycles. The highest BCUT2D eigenvalue weighted by molar-refractivity contribution is 7.14. The van der Waals surface area contributed by atoms with Crippen molar-refractivity contribution >= 4 is 21.6 Å². The first-order chi connectivity index (χ1) is 9.74. The second-order valence-corrected chi connectivity index (χ2v) is 5.33. The summed E-state index contributed by atoms with van der Waals surface area (Å²) in [4.78, 5) is 0. The lowest BCUT2D eigenvalue weighted by atomic mass is 9.97. The Morgan fingerprint density at radius 2 is 2.10 bits per heavy atom. The van der Waals surface area contributed by atoms with Crippen molar-refractivity contribution in [1.82, 2.24) is 4.37 Å². The molecule has 1 heterocycles. The zero-order valence-corrected chi connectivity index (χ0v) is 12.0. The summed E-state index contributed by atoms with van der Waals surface area (Å²) in [6.45, 7) is 2.01. The van der Waals surface area contributed by atoms with Gasteiger partial charge in [-0.3, -0.25) is 0 Å². The van der Waals surface area contributed by atoms with Crippen LogP contribution in [0, 0.1) is 18.3 Å². The quantitative estimate of drug-likeness (QED) is 0.708. The van der Waals surface area contributed by atoms with E-state index in [-0.39, 0.29) is 0 Å². The average Bonchev–Trinajstić information content (AvgIpc) is 2.94. The molecule has 0 saturated carbocycles. The summed E-state index contributed by atoms with van der Waals surface area (Å²) in [5, 5.41) is 10.1. The van der Waals surface area contributed by atoms with Crippen molar-refractivity contribution in [3.8, 4) is 22.9 Å². The summed E-state index contributed by atoms with van der Waals surface area (Å²) in [6.07, 6.45) is 1.86. The maximum absolute atomic E-state index is 8.98. The number of methoxy groups -OCH3 is 1. The van der Waals surface area contributed by atoms with Gasteiger partial charge in [-0.05, 0) is 53.8 Å². The monoisotopic (exact) mass is 280 g/mol. The van der Waals surface area contributed by atoms with Gasteiger partial charge in [0.05, 0.1) is 23.4 Å². The molecule has 1 aromatic heterocycles. The normalized spacial score (nSPS) is 10.4. The van der Waals surface area contributed by atoms with Gasteiger partial charge in [-0.1, -0.05) is 6.07 Å². The van der Waals surface area contributed by atoms with Crippen molar-refractivity contribution < 1.29 is 4.74 Å². The van der Waals surface area contributed by atoms with E-state index in [0.29, 0.717) is 5.56 Å². The predicted octanol–water partition coefficient (Wildman–Crippen LogP) is 4.15. The van der Waals surface area contributed by atoms with Crippen molar-refractivity contribution in [1.29, 1.82) is 5.26 Å². The molecule has 0 radical (unpaired) electrons. The van der Waals surface area contributed by atoms with E-state index in [9.17, 15) is 0 Å². The molecule has 2 aromatic carbocycles. The van der Waals surface area contributed by atoms with Gasteiger partial charge < -0.3 is 4.74 Å². The third-order valence-electron chi connectivity index (χ3n) is 3.33. The first-order valence-electron chi connectivity index (χ1n) is 6.17.